The molecule has 28 heavy (non-hydrogen) atoms. The number of sulfonamides is 1. The summed E-state index contributed by atoms with van der Waals surface area (Å²) in [7, 11) is -3.55. The Balaban J connectivity index is 1.89. The summed E-state index contributed by atoms with van der Waals surface area (Å²) < 4.78 is 40.9. The average Bonchev–Trinajstić information content (AvgIpc) is 2.69. The molecule has 2 aromatic rings. The van der Waals surface area contributed by atoms with E-state index in [0.29, 0.717) is 37.3 Å². The number of nitrogens with zero attached hydrogens (tertiary/aromatic N) is 2. The third kappa shape index (κ3) is 3.95. The molecule has 150 valence electrons. The Morgan fingerprint density at radius 3 is 2.54 bits per heavy atom. The van der Waals surface area contributed by atoms with Gasteiger partial charge in [-0.3, -0.25) is 4.79 Å². The lowest BCUT2D eigenvalue weighted by molar-refractivity contribution is -0.118. The Bertz CT molecular complexity index is 971. The van der Waals surface area contributed by atoms with Gasteiger partial charge in [-0.15, -0.1) is 0 Å². The fraction of sp³-hybridized carbons (Fsp3) is 0.381. The number of rotatable bonds is 6. The molecule has 2 aromatic carbocycles. The lowest BCUT2D eigenvalue weighted by Crippen LogP contribution is -2.37. The SMILES string of the molecule is CCN(CC)S(=O)(=O)c1ccc2c(c1)CCCN2C(=O)Cc1ccccc1F. The van der Waals surface area contributed by atoms with Crippen LogP contribution in [0.15, 0.2) is 47.4 Å². The minimum Gasteiger partial charge on any atom is -0.312 e. The summed E-state index contributed by atoms with van der Waals surface area (Å²) in [6.45, 7) is 4.97. The van der Waals surface area contributed by atoms with Gasteiger partial charge < -0.3 is 4.90 Å². The Hall–Kier alpha value is -2.25. The van der Waals surface area contributed by atoms with Crippen LogP contribution >= 0.6 is 0 Å². The van der Waals surface area contributed by atoms with Gasteiger partial charge in [-0.05, 0) is 48.2 Å². The predicted octanol–water partition coefficient (Wildman–Crippen LogP) is 3.38. The van der Waals surface area contributed by atoms with E-state index < -0.39 is 15.8 Å². The quantitative estimate of drug-likeness (QED) is 0.742. The van der Waals surface area contributed by atoms with Crippen molar-refractivity contribution in [1.82, 2.24) is 4.31 Å². The first-order valence-corrected chi connectivity index (χ1v) is 11.0. The van der Waals surface area contributed by atoms with Crippen molar-refractivity contribution in [1.29, 1.82) is 0 Å². The topological polar surface area (TPSA) is 57.7 Å². The third-order valence-electron chi connectivity index (χ3n) is 5.11. The summed E-state index contributed by atoms with van der Waals surface area (Å²) in [5.41, 5.74) is 1.91. The Labute approximate surface area is 165 Å². The number of carbonyl (C=O) groups is 1. The summed E-state index contributed by atoms with van der Waals surface area (Å²) in [5.74, 6) is -0.584. The Kier molecular flexibility index (Phi) is 6.15. The van der Waals surface area contributed by atoms with Crippen LogP contribution in [0.2, 0.25) is 0 Å². The molecule has 0 saturated heterocycles. The fourth-order valence-electron chi connectivity index (χ4n) is 3.61. The highest BCUT2D eigenvalue weighted by molar-refractivity contribution is 7.89. The number of fused-ring (bicyclic) bond motifs is 1. The first kappa shape index (κ1) is 20.5. The highest BCUT2D eigenvalue weighted by Crippen LogP contribution is 2.31. The normalized spacial score (nSPS) is 14.2. The van der Waals surface area contributed by atoms with Crippen LogP contribution in [0.1, 0.15) is 31.4 Å². The number of anilines is 1. The van der Waals surface area contributed by atoms with Gasteiger partial charge in [0, 0.05) is 25.3 Å². The molecule has 3 rings (SSSR count). The summed E-state index contributed by atoms with van der Waals surface area (Å²) >= 11 is 0. The van der Waals surface area contributed by atoms with E-state index in [1.807, 2.05) is 13.8 Å². The van der Waals surface area contributed by atoms with Crippen LogP contribution in [-0.4, -0.2) is 38.3 Å². The zero-order valence-corrected chi connectivity index (χ0v) is 17.0. The van der Waals surface area contributed by atoms with Crippen LogP contribution in [0.25, 0.3) is 0 Å². The van der Waals surface area contributed by atoms with Crippen LogP contribution in [0.3, 0.4) is 0 Å². The molecule has 0 aromatic heterocycles. The van der Waals surface area contributed by atoms with E-state index in [0.717, 1.165) is 12.0 Å². The molecule has 1 heterocycles. The Morgan fingerprint density at radius 2 is 1.86 bits per heavy atom. The molecule has 0 atom stereocenters. The van der Waals surface area contributed by atoms with Gasteiger partial charge in [-0.2, -0.15) is 4.31 Å². The predicted molar refractivity (Wildman–Crippen MR) is 107 cm³/mol. The van der Waals surface area contributed by atoms with Crippen LogP contribution in [0.4, 0.5) is 10.1 Å². The van der Waals surface area contributed by atoms with Gasteiger partial charge in [0.1, 0.15) is 5.82 Å². The molecule has 0 aliphatic carbocycles. The van der Waals surface area contributed by atoms with Crippen molar-refractivity contribution >= 4 is 21.6 Å². The molecule has 0 N–H and O–H groups in total. The van der Waals surface area contributed by atoms with E-state index in [9.17, 15) is 17.6 Å². The number of carbonyl (C=O) groups excluding carboxylic acids is 1. The molecule has 1 aliphatic heterocycles. The largest absolute Gasteiger partial charge is 0.312 e. The minimum atomic E-state index is -3.55. The van der Waals surface area contributed by atoms with Gasteiger partial charge in [-0.1, -0.05) is 32.0 Å². The van der Waals surface area contributed by atoms with Gasteiger partial charge in [0.15, 0.2) is 0 Å². The first-order valence-electron chi connectivity index (χ1n) is 9.55. The lowest BCUT2D eigenvalue weighted by Gasteiger charge is -2.30. The molecule has 1 amide bonds. The maximum absolute atomic E-state index is 13.9. The standard InChI is InChI=1S/C21H25FN2O3S/c1-3-23(4-2)28(26,27)18-11-12-20-17(14-18)9-7-13-24(20)21(25)15-16-8-5-6-10-19(16)22/h5-6,8,10-12,14H,3-4,7,9,13,15H2,1-2H3. The van der Waals surface area contributed by atoms with Crippen molar-refractivity contribution in [3.63, 3.8) is 0 Å². The summed E-state index contributed by atoms with van der Waals surface area (Å²) in [4.78, 5) is 14.7. The first-order chi connectivity index (χ1) is 13.4. The molecule has 1 aliphatic rings. The molecule has 0 fully saturated rings. The number of benzene rings is 2. The highest BCUT2D eigenvalue weighted by Gasteiger charge is 2.27. The maximum Gasteiger partial charge on any atom is 0.243 e. The second-order valence-electron chi connectivity index (χ2n) is 6.80. The molecule has 0 bridgehead atoms. The van der Waals surface area contributed by atoms with Crippen molar-refractivity contribution in [3.05, 3.63) is 59.4 Å². The zero-order valence-electron chi connectivity index (χ0n) is 16.2. The summed E-state index contributed by atoms with van der Waals surface area (Å²) in [5, 5.41) is 0. The van der Waals surface area contributed by atoms with Gasteiger partial charge in [0.05, 0.1) is 11.3 Å². The second kappa shape index (κ2) is 8.41. The highest BCUT2D eigenvalue weighted by atomic mass is 32.2. The minimum absolute atomic E-state index is 0.0222. The van der Waals surface area contributed by atoms with Crippen LogP contribution < -0.4 is 4.90 Å². The summed E-state index contributed by atoms with van der Waals surface area (Å²) in [6.07, 6.45) is 1.43. The van der Waals surface area contributed by atoms with E-state index in [-0.39, 0.29) is 17.2 Å². The maximum atomic E-state index is 13.9. The summed E-state index contributed by atoms with van der Waals surface area (Å²) in [6, 6.07) is 11.2. The number of hydrogen-bond acceptors (Lipinski definition) is 3. The van der Waals surface area contributed by atoms with Gasteiger partial charge in [-0.25, -0.2) is 12.8 Å². The van der Waals surface area contributed by atoms with Gasteiger partial charge >= 0.3 is 0 Å². The number of halogens is 1. The van der Waals surface area contributed by atoms with Gasteiger partial charge in [0.25, 0.3) is 0 Å². The molecular weight excluding hydrogens is 379 g/mol. The van der Waals surface area contributed by atoms with Crippen molar-refractivity contribution in [2.75, 3.05) is 24.5 Å². The molecule has 0 radical (unpaired) electrons. The van der Waals surface area contributed by atoms with Crippen molar-refractivity contribution in [2.45, 2.75) is 38.0 Å². The molecule has 0 spiro atoms. The molecule has 0 unspecified atom stereocenters. The number of aryl methyl sites for hydroxylation is 1. The fourth-order valence-corrected chi connectivity index (χ4v) is 5.11. The third-order valence-corrected chi connectivity index (χ3v) is 7.16. The van der Waals surface area contributed by atoms with Crippen LogP contribution in [-0.2, 0) is 27.7 Å². The van der Waals surface area contributed by atoms with E-state index in [2.05, 4.69) is 0 Å². The van der Waals surface area contributed by atoms with E-state index in [1.165, 1.54) is 10.4 Å². The van der Waals surface area contributed by atoms with Crippen LogP contribution in [0, 0.1) is 5.82 Å². The van der Waals surface area contributed by atoms with Crippen molar-refractivity contribution < 1.29 is 17.6 Å². The smallest absolute Gasteiger partial charge is 0.243 e. The van der Waals surface area contributed by atoms with E-state index in [1.54, 1.807) is 41.3 Å². The van der Waals surface area contributed by atoms with E-state index in [4.69, 9.17) is 0 Å². The van der Waals surface area contributed by atoms with Gasteiger partial charge in [0.2, 0.25) is 15.9 Å². The van der Waals surface area contributed by atoms with E-state index >= 15 is 0 Å². The number of hydrogen-bond donors (Lipinski definition) is 0. The van der Waals surface area contributed by atoms with Crippen LogP contribution in [0.5, 0.6) is 0 Å². The van der Waals surface area contributed by atoms with Crippen molar-refractivity contribution in [2.24, 2.45) is 0 Å². The molecule has 0 saturated carbocycles. The average molecular weight is 405 g/mol. The Morgan fingerprint density at radius 1 is 1.14 bits per heavy atom. The molecule has 7 heteroatoms. The molecule has 5 nitrogen and oxygen atoms in total. The second-order valence-corrected chi connectivity index (χ2v) is 8.73. The lowest BCUT2D eigenvalue weighted by atomic mass is 10.0. The van der Waals surface area contributed by atoms with Crippen molar-refractivity contribution in [3.8, 4) is 0 Å². The monoisotopic (exact) mass is 404 g/mol. The number of amides is 1. The molecular formula is C21H25FN2O3S. The zero-order chi connectivity index (χ0) is 20.3.